The Morgan fingerprint density at radius 1 is 1.78 bits per heavy atom. The van der Waals surface area contributed by atoms with E-state index in [1.54, 1.807) is 11.8 Å². The monoisotopic (exact) mass is 273 g/mol. The smallest absolute Gasteiger partial charge is 0.271 e. The fourth-order valence-electron chi connectivity index (χ4n) is 1.48. The topological polar surface area (TPSA) is 108 Å². The maximum absolute atomic E-state index is 11.4. The van der Waals surface area contributed by atoms with Crippen molar-refractivity contribution in [2.24, 2.45) is 16.8 Å². The molecule has 1 atom stereocenters. The first-order valence-electron chi connectivity index (χ1n) is 5.46. The maximum Gasteiger partial charge on any atom is 0.271 e. The highest BCUT2D eigenvalue weighted by Gasteiger charge is 2.17. The fraction of sp³-hybridized carbons (Fsp3) is 0.500. The van der Waals surface area contributed by atoms with E-state index in [-0.39, 0.29) is 16.8 Å². The predicted molar refractivity (Wildman–Crippen MR) is 70.3 cm³/mol. The molecule has 1 heterocycles. The molecule has 0 spiro atoms. The summed E-state index contributed by atoms with van der Waals surface area (Å²) in [5.74, 6) is 0.321. The molecule has 18 heavy (non-hydrogen) atoms. The van der Waals surface area contributed by atoms with E-state index >= 15 is 0 Å². The Morgan fingerprint density at radius 2 is 2.44 bits per heavy atom. The van der Waals surface area contributed by atoms with Gasteiger partial charge in [0.15, 0.2) is 5.82 Å². The van der Waals surface area contributed by atoms with Crippen LogP contribution in [0.2, 0.25) is 5.02 Å². The van der Waals surface area contributed by atoms with Gasteiger partial charge in [-0.2, -0.15) is 0 Å². The van der Waals surface area contributed by atoms with Crippen LogP contribution in [0.15, 0.2) is 16.3 Å². The molecule has 0 fully saturated rings. The van der Waals surface area contributed by atoms with Gasteiger partial charge in [-0.3, -0.25) is 4.79 Å². The Morgan fingerprint density at radius 3 is 3.00 bits per heavy atom. The van der Waals surface area contributed by atoms with Crippen molar-refractivity contribution in [2.75, 3.05) is 18.0 Å². The minimum atomic E-state index is -0.392. The number of anilines is 1. The first kappa shape index (κ1) is 14.3. The van der Waals surface area contributed by atoms with Crippen LogP contribution in [-0.4, -0.2) is 34.1 Å². The molecule has 8 heteroatoms. The molecule has 4 N–H and O–H groups in total. The van der Waals surface area contributed by atoms with Crippen molar-refractivity contribution in [3.8, 4) is 0 Å². The van der Waals surface area contributed by atoms with Crippen molar-refractivity contribution in [3.05, 3.63) is 21.7 Å². The zero-order valence-electron chi connectivity index (χ0n) is 10.2. The van der Waals surface area contributed by atoms with Crippen LogP contribution in [-0.2, 0) is 0 Å². The number of hydrogen-bond donors (Lipinski definition) is 3. The highest BCUT2D eigenvalue weighted by Crippen LogP contribution is 2.19. The number of aromatic nitrogens is 2. The van der Waals surface area contributed by atoms with Gasteiger partial charge >= 0.3 is 0 Å². The van der Waals surface area contributed by atoms with E-state index in [2.05, 4.69) is 15.1 Å². The van der Waals surface area contributed by atoms with E-state index in [4.69, 9.17) is 22.5 Å². The first-order valence-corrected chi connectivity index (χ1v) is 5.84. The van der Waals surface area contributed by atoms with E-state index in [9.17, 15) is 4.79 Å². The summed E-state index contributed by atoms with van der Waals surface area (Å²) in [6.07, 6.45) is 1.29. The van der Waals surface area contributed by atoms with Crippen LogP contribution in [0.4, 0.5) is 5.82 Å². The van der Waals surface area contributed by atoms with Crippen molar-refractivity contribution >= 4 is 23.3 Å². The van der Waals surface area contributed by atoms with Crippen LogP contribution in [0.3, 0.4) is 0 Å². The summed E-state index contributed by atoms with van der Waals surface area (Å²) >= 11 is 5.90. The normalized spacial score (nSPS) is 13.4. The lowest BCUT2D eigenvalue weighted by molar-refractivity contribution is 0.314. The number of nitrogens with zero attached hydrogens (tertiary/aromatic N) is 3. The molecule has 0 bridgehead atoms. The van der Waals surface area contributed by atoms with Gasteiger partial charge in [0.1, 0.15) is 10.9 Å². The summed E-state index contributed by atoms with van der Waals surface area (Å²) in [5.41, 5.74) is 5.13. The van der Waals surface area contributed by atoms with Gasteiger partial charge in [-0.05, 0) is 6.92 Å². The number of nitrogens with two attached hydrogens (primary N) is 1. The third-order valence-corrected chi connectivity index (χ3v) is 2.91. The number of halogens is 1. The van der Waals surface area contributed by atoms with Crippen molar-refractivity contribution in [1.82, 2.24) is 9.97 Å². The summed E-state index contributed by atoms with van der Waals surface area (Å²) < 4.78 is 0. The maximum atomic E-state index is 11.4. The highest BCUT2D eigenvalue weighted by molar-refractivity contribution is 6.32. The van der Waals surface area contributed by atoms with Crippen LogP contribution in [0.5, 0.6) is 0 Å². The quantitative estimate of drug-likeness (QED) is 0.316. The fourth-order valence-corrected chi connectivity index (χ4v) is 1.70. The largest absolute Gasteiger partial charge is 0.409 e. The minimum Gasteiger partial charge on any atom is -0.409 e. The lowest BCUT2D eigenvalue weighted by Crippen LogP contribution is -2.36. The van der Waals surface area contributed by atoms with E-state index < -0.39 is 5.56 Å². The van der Waals surface area contributed by atoms with Gasteiger partial charge in [-0.15, -0.1) is 0 Å². The molecule has 1 rings (SSSR count). The van der Waals surface area contributed by atoms with Gasteiger partial charge < -0.3 is 20.8 Å². The van der Waals surface area contributed by atoms with E-state index in [0.717, 1.165) is 0 Å². The molecule has 0 aliphatic rings. The van der Waals surface area contributed by atoms with Crippen LogP contribution < -0.4 is 16.2 Å². The van der Waals surface area contributed by atoms with E-state index in [1.807, 2.05) is 6.92 Å². The standard InChI is InChI=1S/C10H16ClN5O2/c1-3-16(4-6(2)8(12)15-18)9-7(11)10(17)14-5-13-9/h5-6,18H,3-4H2,1-2H3,(H2,12,15)(H,13,14,17). The van der Waals surface area contributed by atoms with Crippen molar-refractivity contribution in [3.63, 3.8) is 0 Å². The van der Waals surface area contributed by atoms with Gasteiger partial charge in [0.2, 0.25) is 0 Å². The SMILES string of the molecule is CCN(CC(C)C(N)=NO)c1nc[nH]c(=O)c1Cl. The Balaban J connectivity index is 2.97. The minimum absolute atomic E-state index is 0.0334. The van der Waals surface area contributed by atoms with Gasteiger partial charge in [0.05, 0.1) is 6.33 Å². The number of H-pyrrole nitrogens is 1. The predicted octanol–water partition coefficient (Wildman–Crippen LogP) is 0.632. The Labute approximate surface area is 109 Å². The number of amidine groups is 1. The second-order valence-electron chi connectivity index (χ2n) is 3.83. The summed E-state index contributed by atoms with van der Waals surface area (Å²) in [4.78, 5) is 19.6. The van der Waals surface area contributed by atoms with Gasteiger partial charge in [-0.25, -0.2) is 4.98 Å². The van der Waals surface area contributed by atoms with Crippen molar-refractivity contribution in [1.29, 1.82) is 0 Å². The Hall–Kier alpha value is -1.76. The molecular weight excluding hydrogens is 258 g/mol. The lowest BCUT2D eigenvalue weighted by atomic mass is 10.1. The summed E-state index contributed by atoms with van der Waals surface area (Å²) in [6, 6.07) is 0. The van der Waals surface area contributed by atoms with Crippen LogP contribution in [0.25, 0.3) is 0 Å². The number of oxime groups is 1. The molecule has 7 nitrogen and oxygen atoms in total. The molecule has 1 unspecified atom stereocenters. The van der Waals surface area contributed by atoms with E-state index in [0.29, 0.717) is 18.9 Å². The third kappa shape index (κ3) is 3.13. The second-order valence-corrected chi connectivity index (χ2v) is 4.21. The summed E-state index contributed by atoms with van der Waals surface area (Å²) in [7, 11) is 0. The second kappa shape index (κ2) is 6.25. The zero-order chi connectivity index (χ0) is 13.7. The molecule has 0 aliphatic heterocycles. The molecule has 0 radical (unpaired) electrons. The highest BCUT2D eigenvalue weighted by atomic mass is 35.5. The van der Waals surface area contributed by atoms with E-state index in [1.165, 1.54) is 6.33 Å². The van der Waals surface area contributed by atoms with Gasteiger partial charge in [-0.1, -0.05) is 23.7 Å². The van der Waals surface area contributed by atoms with Crippen molar-refractivity contribution < 1.29 is 5.21 Å². The molecule has 100 valence electrons. The summed E-state index contributed by atoms with van der Waals surface area (Å²) in [5, 5.41) is 11.6. The molecule has 0 aliphatic carbocycles. The van der Waals surface area contributed by atoms with Gasteiger partial charge in [0.25, 0.3) is 5.56 Å². The van der Waals surface area contributed by atoms with Crippen LogP contribution >= 0.6 is 11.6 Å². The van der Waals surface area contributed by atoms with Crippen LogP contribution in [0.1, 0.15) is 13.8 Å². The Kier molecular flexibility index (Phi) is 4.96. The average molecular weight is 274 g/mol. The van der Waals surface area contributed by atoms with Crippen molar-refractivity contribution in [2.45, 2.75) is 13.8 Å². The number of nitrogens with one attached hydrogen (secondary N) is 1. The van der Waals surface area contributed by atoms with Crippen LogP contribution in [0, 0.1) is 5.92 Å². The zero-order valence-corrected chi connectivity index (χ0v) is 11.0. The molecule has 1 aromatic rings. The molecule has 0 aromatic carbocycles. The lowest BCUT2D eigenvalue weighted by Gasteiger charge is -2.25. The molecular formula is C10H16ClN5O2. The first-order chi connectivity index (χ1) is 8.51. The Bertz CT molecular complexity index is 487. The average Bonchev–Trinajstić information content (AvgIpc) is 2.38. The molecule has 1 aromatic heterocycles. The molecule has 0 saturated heterocycles. The van der Waals surface area contributed by atoms with Gasteiger partial charge in [0, 0.05) is 19.0 Å². The third-order valence-electron chi connectivity index (χ3n) is 2.57. The molecule has 0 amide bonds. The number of aromatic amines is 1. The molecule has 0 saturated carbocycles. The summed E-state index contributed by atoms with van der Waals surface area (Å²) in [6.45, 7) is 4.75. The number of hydrogen-bond acceptors (Lipinski definition) is 5. The number of rotatable bonds is 5.